The van der Waals surface area contributed by atoms with Gasteiger partial charge in [-0.25, -0.2) is 0 Å². The summed E-state index contributed by atoms with van der Waals surface area (Å²) in [7, 11) is 3.93. The van der Waals surface area contributed by atoms with Crippen molar-refractivity contribution in [2.45, 2.75) is 18.8 Å². The summed E-state index contributed by atoms with van der Waals surface area (Å²) in [6.07, 6.45) is 1.25. The molecule has 0 saturated heterocycles. The fraction of sp³-hybridized carbons (Fsp3) is 0.316. The number of rotatable bonds is 8. The van der Waals surface area contributed by atoms with Gasteiger partial charge in [0.1, 0.15) is 5.75 Å². The molecule has 0 aromatic heterocycles. The van der Waals surface area contributed by atoms with Gasteiger partial charge >= 0.3 is 5.97 Å². The smallest absolute Gasteiger partial charge is 0.310 e. The summed E-state index contributed by atoms with van der Waals surface area (Å²) in [6.45, 7) is 0.517. The summed E-state index contributed by atoms with van der Waals surface area (Å²) in [5, 5.41) is 9.47. The second kappa shape index (κ2) is 8.22. The van der Waals surface area contributed by atoms with Crippen LogP contribution in [-0.2, 0) is 4.79 Å². The topological polar surface area (TPSA) is 49.8 Å². The van der Waals surface area contributed by atoms with Gasteiger partial charge < -0.3 is 14.7 Å². The number of para-hydroxylation sites is 1. The van der Waals surface area contributed by atoms with Crippen LogP contribution < -0.4 is 9.64 Å². The van der Waals surface area contributed by atoms with Crippen molar-refractivity contribution in [1.29, 1.82) is 0 Å². The lowest BCUT2D eigenvalue weighted by Gasteiger charge is -2.16. The van der Waals surface area contributed by atoms with E-state index in [4.69, 9.17) is 4.74 Å². The quantitative estimate of drug-likeness (QED) is 0.754. The monoisotopic (exact) mass is 313 g/mol. The van der Waals surface area contributed by atoms with Gasteiger partial charge in [0, 0.05) is 19.8 Å². The molecule has 2 aromatic carbocycles. The number of hydrogen-bond acceptors (Lipinski definition) is 3. The fourth-order valence-electron chi connectivity index (χ4n) is 2.43. The first kappa shape index (κ1) is 16.9. The highest BCUT2D eigenvalue weighted by Crippen LogP contribution is 2.24. The molecule has 2 aromatic rings. The highest BCUT2D eigenvalue weighted by molar-refractivity contribution is 5.76. The SMILES string of the molecule is CN(C)c1ccc(C(CCCOc2ccccc2)C(=O)O)cc1. The molecule has 0 aliphatic rings. The van der Waals surface area contributed by atoms with Crippen LogP contribution in [0.25, 0.3) is 0 Å². The van der Waals surface area contributed by atoms with Crippen LogP contribution in [0.5, 0.6) is 5.75 Å². The van der Waals surface area contributed by atoms with E-state index in [0.717, 1.165) is 17.0 Å². The molecule has 0 aliphatic heterocycles. The van der Waals surface area contributed by atoms with E-state index in [1.165, 1.54) is 0 Å². The molecule has 2 rings (SSSR count). The number of carboxylic acids is 1. The minimum Gasteiger partial charge on any atom is -0.494 e. The molecular formula is C19H23NO3. The maximum atomic E-state index is 11.5. The van der Waals surface area contributed by atoms with Gasteiger partial charge in [-0.2, -0.15) is 0 Å². The molecule has 1 N–H and O–H groups in total. The Bertz CT molecular complexity index is 608. The molecule has 0 saturated carbocycles. The van der Waals surface area contributed by atoms with Crippen molar-refractivity contribution in [2.24, 2.45) is 0 Å². The average molecular weight is 313 g/mol. The van der Waals surface area contributed by atoms with E-state index in [-0.39, 0.29) is 0 Å². The number of benzene rings is 2. The molecule has 0 spiro atoms. The number of hydrogen-bond donors (Lipinski definition) is 1. The molecule has 0 aliphatic carbocycles. The number of carbonyl (C=O) groups is 1. The molecular weight excluding hydrogens is 290 g/mol. The van der Waals surface area contributed by atoms with E-state index in [0.29, 0.717) is 19.4 Å². The summed E-state index contributed by atoms with van der Waals surface area (Å²) in [5.74, 6) is -0.470. The minimum atomic E-state index is -0.790. The van der Waals surface area contributed by atoms with Crippen LogP contribution in [0, 0.1) is 0 Å². The summed E-state index contributed by atoms with van der Waals surface area (Å²) in [6, 6.07) is 17.3. The zero-order valence-corrected chi connectivity index (χ0v) is 13.6. The zero-order valence-electron chi connectivity index (χ0n) is 13.6. The van der Waals surface area contributed by atoms with Crippen LogP contribution in [0.4, 0.5) is 5.69 Å². The van der Waals surface area contributed by atoms with Crippen molar-refractivity contribution in [3.05, 3.63) is 60.2 Å². The maximum absolute atomic E-state index is 11.5. The van der Waals surface area contributed by atoms with E-state index < -0.39 is 11.9 Å². The summed E-state index contributed by atoms with van der Waals surface area (Å²) in [5.41, 5.74) is 1.90. The van der Waals surface area contributed by atoms with Gasteiger partial charge in [-0.1, -0.05) is 30.3 Å². The van der Waals surface area contributed by atoms with Crippen molar-refractivity contribution in [3.63, 3.8) is 0 Å². The lowest BCUT2D eigenvalue weighted by molar-refractivity contribution is -0.139. The van der Waals surface area contributed by atoms with Crippen molar-refractivity contribution in [3.8, 4) is 5.75 Å². The van der Waals surface area contributed by atoms with Crippen molar-refractivity contribution < 1.29 is 14.6 Å². The Morgan fingerprint density at radius 3 is 2.30 bits per heavy atom. The van der Waals surface area contributed by atoms with Gasteiger partial charge in [0.05, 0.1) is 12.5 Å². The predicted octanol–water partition coefficient (Wildman–Crippen LogP) is 3.78. The molecule has 122 valence electrons. The Labute approximate surface area is 137 Å². The molecule has 4 heteroatoms. The third kappa shape index (κ3) is 5.02. The van der Waals surface area contributed by atoms with E-state index in [2.05, 4.69) is 0 Å². The molecule has 0 heterocycles. The molecule has 1 unspecified atom stereocenters. The molecule has 0 radical (unpaired) electrons. The van der Waals surface area contributed by atoms with Crippen LogP contribution >= 0.6 is 0 Å². The highest BCUT2D eigenvalue weighted by Gasteiger charge is 2.19. The van der Waals surface area contributed by atoms with E-state index >= 15 is 0 Å². The van der Waals surface area contributed by atoms with Crippen LogP contribution in [0.3, 0.4) is 0 Å². The van der Waals surface area contributed by atoms with Crippen LogP contribution in [0.15, 0.2) is 54.6 Å². The van der Waals surface area contributed by atoms with E-state index in [1.807, 2.05) is 73.6 Å². The maximum Gasteiger partial charge on any atom is 0.310 e. The predicted molar refractivity (Wildman–Crippen MR) is 92.3 cm³/mol. The second-order valence-electron chi connectivity index (χ2n) is 5.68. The van der Waals surface area contributed by atoms with Crippen molar-refractivity contribution >= 4 is 11.7 Å². The van der Waals surface area contributed by atoms with Gasteiger partial charge in [-0.3, -0.25) is 4.79 Å². The van der Waals surface area contributed by atoms with E-state index in [1.54, 1.807) is 0 Å². The van der Waals surface area contributed by atoms with Gasteiger partial charge in [0.2, 0.25) is 0 Å². The average Bonchev–Trinajstić information content (AvgIpc) is 2.55. The van der Waals surface area contributed by atoms with Gasteiger partial charge in [0.25, 0.3) is 0 Å². The first-order valence-electron chi connectivity index (χ1n) is 7.76. The normalized spacial score (nSPS) is 11.7. The molecule has 4 nitrogen and oxygen atoms in total. The second-order valence-corrected chi connectivity index (χ2v) is 5.68. The number of carboxylic acid groups (broad SMARTS) is 1. The number of nitrogens with zero attached hydrogens (tertiary/aromatic N) is 1. The Morgan fingerprint density at radius 1 is 1.09 bits per heavy atom. The lowest BCUT2D eigenvalue weighted by Crippen LogP contribution is -2.14. The number of aliphatic carboxylic acids is 1. The lowest BCUT2D eigenvalue weighted by atomic mass is 9.94. The minimum absolute atomic E-state index is 0.495. The third-order valence-electron chi connectivity index (χ3n) is 3.76. The standard InChI is InChI=1S/C19H23NO3/c1-20(2)16-12-10-15(11-13-16)18(19(21)22)9-6-14-23-17-7-4-3-5-8-17/h3-5,7-8,10-13,18H,6,9,14H2,1-2H3,(H,21,22). The van der Waals surface area contributed by atoms with Gasteiger partial charge in [0.15, 0.2) is 0 Å². The van der Waals surface area contributed by atoms with Crippen molar-refractivity contribution in [1.82, 2.24) is 0 Å². The van der Waals surface area contributed by atoms with Gasteiger partial charge in [-0.05, 0) is 42.7 Å². The number of anilines is 1. The van der Waals surface area contributed by atoms with Crippen LogP contribution in [0.2, 0.25) is 0 Å². The summed E-state index contributed by atoms with van der Waals surface area (Å²) in [4.78, 5) is 13.5. The Kier molecular flexibility index (Phi) is 6.03. The Hall–Kier alpha value is -2.49. The molecule has 0 fully saturated rings. The first-order valence-corrected chi connectivity index (χ1v) is 7.76. The molecule has 0 bridgehead atoms. The molecule has 1 atom stereocenters. The third-order valence-corrected chi connectivity index (χ3v) is 3.76. The Morgan fingerprint density at radius 2 is 1.74 bits per heavy atom. The molecule has 0 amide bonds. The number of ether oxygens (including phenoxy) is 1. The first-order chi connectivity index (χ1) is 11.1. The van der Waals surface area contributed by atoms with Crippen molar-refractivity contribution in [2.75, 3.05) is 25.6 Å². The summed E-state index contributed by atoms with van der Waals surface area (Å²) < 4.78 is 5.62. The van der Waals surface area contributed by atoms with E-state index in [9.17, 15) is 9.90 Å². The van der Waals surface area contributed by atoms with Gasteiger partial charge in [-0.15, -0.1) is 0 Å². The summed E-state index contributed by atoms with van der Waals surface area (Å²) >= 11 is 0. The zero-order chi connectivity index (χ0) is 16.7. The molecule has 23 heavy (non-hydrogen) atoms. The largest absolute Gasteiger partial charge is 0.494 e. The fourth-order valence-corrected chi connectivity index (χ4v) is 2.43. The Balaban J connectivity index is 1.90. The van der Waals surface area contributed by atoms with Crippen LogP contribution in [0.1, 0.15) is 24.3 Å². The van der Waals surface area contributed by atoms with Crippen LogP contribution in [-0.4, -0.2) is 31.8 Å². The highest BCUT2D eigenvalue weighted by atomic mass is 16.5.